The molecule has 2 saturated heterocycles. The van der Waals surface area contributed by atoms with Crippen LogP contribution in [0.2, 0.25) is 0 Å². The SMILES string of the molecule is [2H]C([2H])([2H])C1CN(C2CC(O)C(CO)O2)C(=O)NC1=O. The molecule has 0 aliphatic carbocycles. The molecule has 4 unspecified atom stereocenters. The molecule has 2 aliphatic heterocycles. The second kappa shape index (κ2) is 4.59. The minimum atomic E-state index is -2.53. The summed E-state index contributed by atoms with van der Waals surface area (Å²) in [6.07, 6.45) is -2.57. The highest BCUT2D eigenvalue weighted by Crippen LogP contribution is 2.25. The molecule has 0 aromatic rings. The van der Waals surface area contributed by atoms with E-state index in [1.807, 2.05) is 5.32 Å². The van der Waals surface area contributed by atoms with Crippen molar-refractivity contribution in [2.75, 3.05) is 13.2 Å². The van der Waals surface area contributed by atoms with Crippen LogP contribution in [0, 0.1) is 5.92 Å². The summed E-state index contributed by atoms with van der Waals surface area (Å²) >= 11 is 0. The molecule has 2 rings (SSSR count). The first-order valence-corrected chi connectivity index (χ1v) is 5.30. The van der Waals surface area contributed by atoms with Gasteiger partial charge in [0.25, 0.3) is 0 Å². The zero-order valence-corrected chi connectivity index (χ0v) is 9.00. The van der Waals surface area contributed by atoms with E-state index in [0.29, 0.717) is 0 Å². The summed E-state index contributed by atoms with van der Waals surface area (Å²) in [4.78, 5) is 24.4. The summed E-state index contributed by atoms with van der Waals surface area (Å²) in [7, 11) is 0. The van der Waals surface area contributed by atoms with Crippen LogP contribution < -0.4 is 5.32 Å². The maximum atomic E-state index is 11.8. The largest absolute Gasteiger partial charge is 0.394 e. The number of hydrogen-bond donors (Lipinski definition) is 3. The van der Waals surface area contributed by atoms with Gasteiger partial charge in [-0.2, -0.15) is 0 Å². The van der Waals surface area contributed by atoms with Crippen molar-refractivity contribution < 1.29 is 28.7 Å². The Bertz CT molecular complexity index is 416. The predicted octanol–water partition coefficient (Wildman–Crippen LogP) is -1.36. The van der Waals surface area contributed by atoms with Crippen molar-refractivity contribution in [3.05, 3.63) is 0 Å². The standard InChI is InChI=1S/C10H16N2O5/c1-5-3-12(10(16)11-9(5)15)8-2-6(14)7(4-13)17-8/h5-8,13-14H,2-4H2,1H3,(H,11,15,16)/i1D3. The number of imide groups is 1. The summed E-state index contributed by atoms with van der Waals surface area (Å²) in [5.41, 5.74) is 0. The van der Waals surface area contributed by atoms with Gasteiger partial charge in [0, 0.05) is 17.1 Å². The monoisotopic (exact) mass is 247 g/mol. The van der Waals surface area contributed by atoms with E-state index >= 15 is 0 Å². The maximum absolute atomic E-state index is 11.8. The Hall–Kier alpha value is -1.18. The van der Waals surface area contributed by atoms with Crippen LogP contribution in [-0.4, -0.2) is 58.6 Å². The number of amides is 3. The fraction of sp³-hybridized carbons (Fsp3) is 0.800. The molecular weight excluding hydrogens is 228 g/mol. The van der Waals surface area contributed by atoms with E-state index in [-0.39, 0.29) is 13.0 Å². The van der Waals surface area contributed by atoms with Gasteiger partial charge in [-0.25, -0.2) is 4.79 Å². The number of aliphatic hydroxyl groups excluding tert-OH is 2. The molecular formula is C10H16N2O5. The molecule has 2 fully saturated rings. The number of urea groups is 1. The summed E-state index contributed by atoms with van der Waals surface area (Å²) < 4.78 is 27.2. The van der Waals surface area contributed by atoms with Gasteiger partial charge >= 0.3 is 6.03 Å². The van der Waals surface area contributed by atoms with Crippen molar-refractivity contribution in [3.63, 3.8) is 0 Å². The van der Waals surface area contributed by atoms with Gasteiger partial charge in [0.15, 0.2) is 0 Å². The second-order valence-electron chi connectivity index (χ2n) is 4.11. The first kappa shape index (κ1) is 8.84. The third kappa shape index (κ3) is 2.26. The molecule has 2 heterocycles. The van der Waals surface area contributed by atoms with Gasteiger partial charge in [0.1, 0.15) is 12.3 Å². The van der Waals surface area contributed by atoms with Crippen LogP contribution in [0.1, 0.15) is 17.4 Å². The van der Waals surface area contributed by atoms with Crippen LogP contribution in [0.25, 0.3) is 0 Å². The molecule has 0 radical (unpaired) electrons. The number of nitrogens with zero attached hydrogens (tertiary/aromatic N) is 1. The molecule has 3 amide bonds. The molecule has 7 heteroatoms. The average molecular weight is 247 g/mol. The van der Waals surface area contributed by atoms with Gasteiger partial charge in [-0.15, -0.1) is 0 Å². The van der Waals surface area contributed by atoms with Gasteiger partial charge in [-0.05, 0) is 0 Å². The average Bonchev–Trinajstić information content (AvgIpc) is 2.68. The molecule has 17 heavy (non-hydrogen) atoms. The second-order valence-corrected chi connectivity index (χ2v) is 4.11. The van der Waals surface area contributed by atoms with E-state index in [1.165, 1.54) is 0 Å². The zero-order chi connectivity index (χ0) is 15.1. The Morgan fingerprint density at radius 1 is 1.65 bits per heavy atom. The lowest BCUT2D eigenvalue weighted by Crippen LogP contribution is -2.57. The van der Waals surface area contributed by atoms with Crippen molar-refractivity contribution in [2.24, 2.45) is 5.92 Å². The summed E-state index contributed by atoms with van der Waals surface area (Å²) in [6, 6.07) is -0.758. The van der Waals surface area contributed by atoms with Gasteiger partial charge in [0.2, 0.25) is 5.91 Å². The molecule has 3 N–H and O–H groups in total. The first-order valence-electron chi connectivity index (χ1n) is 6.80. The lowest BCUT2D eigenvalue weighted by Gasteiger charge is -2.34. The normalized spacial score (nSPS) is 41.8. The summed E-state index contributed by atoms with van der Waals surface area (Å²) in [5, 5.41) is 20.6. The van der Waals surface area contributed by atoms with Crippen molar-refractivity contribution in [3.8, 4) is 0 Å². The number of ether oxygens (including phenoxy) is 1. The molecule has 4 atom stereocenters. The zero-order valence-electron chi connectivity index (χ0n) is 12.0. The summed E-state index contributed by atoms with van der Waals surface area (Å²) in [6.45, 7) is -3.25. The number of rotatable bonds is 2. The van der Waals surface area contributed by atoms with Crippen LogP contribution in [-0.2, 0) is 9.53 Å². The Balaban J connectivity index is 2.12. The fourth-order valence-electron chi connectivity index (χ4n) is 1.95. The Morgan fingerprint density at radius 2 is 2.41 bits per heavy atom. The first-order chi connectivity index (χ1) is 9.24. The molecule has 0 aromatic heterocycles. The smallest absolute Gasteiger partial charge is 0.326 e. The van der Waals surface area contributed by atoms with E-state index in [9.17, 15) is 14.7 Å². The maximum Gasteiger partial charge on any atom is 0.326 e. The Morgan fingerprint density at radius 3 is 3.00 bits per heavy atom. The highest BCUT2D eigenvalue weighted by Gasteiger charge is 2.41. The van der Waals surface area contributed by atoms with Crippen LogP contribution in [0.15, 0.2) is 0 Å². The van der Waals surface area contributed by atoms with E-state index in [4.69, 9.17) is 14.0 Å². The Labute approximate surface area is 103 Å². The highest BCUT2D eigenvalue weighted by molar-refractivity contribution is 5.97. The number of hydrogen-bond acceptors (Lipinski definition) is 5. The molecule has 2 aliphatic rings. The Kier molecular flexibility index (Phi) is 2.39. The van der Waals surface area contributed by atoms with Crippen LogP contribution in [0.5, 0.6) is 0 Å². The predicted molar refractivity (Wildman–Crippen MR) is 55.8 cm³/mol. The number of carbonyl (C=O) groups is 2. The molecule has 0 aromatic carbocycles. The van der Waals surface area contributed by atoms with Crippen molar-refractivity contribution in [1.82, 2.24) is 10.2 Å². The fourth-order valence-corrected chi connectivity index (χ4v) is 1.95. The minimum absolute atomic E-state index is 0.0561. The van der Waals surface area contributed by atoms with E-state index in [1.54, 1.807) is 0 Å². The van der Waals surface area contributed by atoms with Crippen LogP contribution in [0.4, 0.5) is 4.79 Å². The lowest BCUT2D eigenvalue weighted by molar-refractivity contribution is -0.128. The van der Waals surface area contributed by atoms with Crippen LogP contribution >= 0.6 is 0 Å². The number of nitrogens with one attached hydrogen (secondary N) is 1. The van der Waals surface area contributed by atoms with Crippen LogP contribution in [0.3, 0.4) is 0 Å². The molecule has 7 nitrogen and oxygen atoms in total. The topological polar surface area (TPSA) is 99.1 Å². The number of carbonyl (C=O) groups excluding carboxylic acids is 2. The van der Waals surface area contributed by atoms with Crippen molar-refractivity contribution in [1.29, 1.82) is 0 Å². The van der Waals surface area contributed by atoms with Crippen molar-refractivity contribution >= 4 is 11.9 Å². The lowest BCUT2D eigenvalue weighted by atomic mass is 10.1. The van der Waals surface area contributed by atoms with E-state index < -0.39 is 49.8 Å². The van der Waals surface area contributed by atoms with Gasteiger partial charge in [-0.3, -0.25) is 15.0 Å². The quantitative estimate of drug-likeness (QED) is 0.560. The van der Waals surface area contributed by atoms with E-state index in [2.05, 4.69) is 0 Å². The third-order valence-corrected chi connectivity index (χ3v) is 2.92. The highest BCUT2D eigenvalue weighted by atomic mass is 16.5. The molecule has 0 spiro atoms. The minimum Gasteiger partial charge on any atom is -0.394 e. The molecule has 0 bridgehead atoms. The van der Waals surface area contributed by atoms with Gasteiger partial charge in [0.05, 0.1) is 18.6 Å². The van der Waals surface area contributed by atoms with Gasteiger partial charge in [-0.1, -0.05) is 6.85 Å². The molecule has 0 saturated carbocycles. The molecule has 96 valence electrons. The third-order valence-electron chi connectivity index (χ3n) is 2.92. The summed E-state index contributed by atoms with van der Waals surface area (Å²) in [5.74, 6) is -2.18. The van der Waals surface area contributed by atoms with Gasteiger partial charge < -0.3 is 14.9 Å². The van der Waals surface area contributed by atoms with E-state index in [0.717, 1.165) is 4.90 Å². The van der Waals surface area contributed by atoms with Crippen molar-refractivity contribution in [2.45, 2.75) is 31.7 Å². The number of aliphatic hydroxyl groups is 2.